The van der Waals surface area contributed by atoms with E-state index in [1.807, 2.05) is 0 Å². The molecule has 88 valence electrons. The van der Waals surface area contributed by atoms with Gasteiger partial charge in [-0.3, -0.25) is 0 Å². The standard InChI is InChI=1S/C13H24O2.Na/c1-2-3-4-11-5-7-12(8-6-11)9-10-13(14)15;/h11-12H,2-10H2,1H3,(H,14,15);/q;+1/p-1. The van der Waals surface area contributed by atoms with Crippen molar-refractivity contribution in [3.05, 3.63) is 0 Å². The number of carbonyl (C=O) groups excluding carboxylic acids is 1. The van der Waals surface area contributed by atoms with Crippen LogP contribution < -0.4 is 34.7 Å². The molecule has 0 bridgehead atoms. The van der Waals surface area contributed by atoms with E-state index in [-0.39, 0.29) is 36.0 Å². The topological polar surface area (TPSA) is 40.1 Å². The van der Waals surface area contributed by atoms with Gasteiger partial charge >= 0.3 is 29.6 Å². The van der Waals surface area contributed by atoms with Crippen LogP contribution in [0.5, 0.6) is 0 Å². The van der Waals surface area contributed by atoms with Gasteiger partial charge in [0.25, 0.3) is 0 Å². The maximum absolute atomic E-state index is 10.3. The van der Waals surface area contributed by atoms with Crippen LogP contribution in [-0.2, 0) is 4.79 Å². The van der Waals surface area contributed by atoms with Crippen LogP contribution in [0.4, 0.5) is 0 Å². The molecule has 1 aliphatic carbocycles. The van der Waals surface area contributed by atoms with E-state index in [9.17, 15) is 9.90 Å². The molecule has 0 aromatic rings. The smallest absolute Gasteiger partial charge is 0.550 e. The summed E-state index contributed by atoms with van der Waals surface area (Å²) in [5.74, 6) is 0.688. The van der Waals surface area contributed by atoms with Crippen LogP contribution in [0.1, 0.15) is 64.7 Å². The first-order chi connectivity index (χ1) is 7.22. The van der Waals surface area contributed by atoms with Crippen LogP contribution >= 0.6 is 0 Å². The molecule has 16 heavy (non-hydrogen) atoms. The van der Waals surface area contributed by atoms with E-state index in [1.54, 1.807) is 0 Å². The van der Waals surface area contributed by atoms with Crippen molar-refractivity contribution in [2.24, 2.45) is 11.8 Å². The normalized spacial score (nSPS) is 24.8. The van der Waals surface area contributed by atoms with Crippen molar-refractivity contribution in [3.8, 4) is 0 Å². The van der Waals surface area contributed by atoms with Crippen molar-refractivity contribution >= 4 is 5.97 Å². The molecule has 0 aliphatic heterocycles. The average Bonchev–Trinajstić information content (AvgIpc) is 2.25. The fraction of sp³-hybridized carbons (Fsp3) is 0.923. The van der Waals surface area contributed by atoms with Crippen LogP contribution in [0.3, 0.4) is 0 Å². The number of aliphatic carboxylic acids is 1. The van der Waals surface area contributed by atoms with Crippen LogP contribution in [0.15, 0.2) is 0 Å². The first-order valence-corrected chi connectivity index (χ1v) is 6.42. The third-order valence-corrected chi connectivity index (χ3v) is 3.69. The summed E-state index contributed by atoms with van der Waals surface area (Å²) in [6, 6.07) is 0. The molecule has 0 atom stereocenters. The number of carboxylic acid groups (broad SMARTS) is 1. The summed E-state index contributed by atoms with van der Waals surface area (Å²) >= 11 is 0. The van der Waals surface area contributed by atoms with Gasteiger partial charge in [0, 0.05) is 5.97 Å². The molecule has 0 saturated heterocycles. The van der Waals surface area contributed by atoms with Crippen molar-refractivity contribution < 1.29 is 39.5 Å². The first-order valence-electron chi connectivity index (χ1n) is 6.42. The fourth-order valence-electron chi connectivity index (χ4n) is 2.62. The van der Waals surface area contributed by atoms with E-state index >= 15 is 0 Å². The van der Waals surface area contributed by atoms with Gasteiger partial charge in [0.15, 0.2) is 0 Å². The maximum Gasteiger partial charge on any atom is 1.00 e. The van der Waals surface area contributed by atoms with E-state index < -0.39 is 5.97 Å². The maximum atomic E-state index is 10.3. The van der Waals surface area contributed by atoms with E-state index in [1.165, 1.54) is 44.9 Å². The van der Waals surface area contributed by atoms with Gasteiger partial charge in [-0.25, -0.2) is 0 Å². The van der Waals surface area contributed by atoms with E-state index in [2.05, 4.69) is 6.92 Å². The number of carbonyl (C=O) groups is 1. The SMILES string of the molecule is CCCCC1CCC(CCC(=O)[O-])CC1.[Na+]. The second-order valence-electron chi connectivity index (χ2n) is 4.94. The summed E-state index contributed by atoms with van der Waals surface area (Å²) in [7, 11) is 0. The molecule has 0 amide bonds. The molecule has 0 aromatic carbocycles. The van der Waals surface area contributed by atoms with Gasteiger partial charge in [-0.05, 0) is 24.7 Å². The molecule has 0 spiro atoms. The fourth-order valence-corrected chi connectivity index (χ4v) is 2.62. The molecule has 3 heteroatoms. The van der Waals surface area contributed by atoms with Gasteiger partial charge < -0.3 is 9.90 Å². The Balaban J connectivity index is 0.00000225. The summed E-state index contributed by atoms with van der Waals surface area (Å²) in [6.45, 7) is 2.24. The third-order valence-electron chi connectivity index (χ3n) is 3.69. The predicted octanol–water partition coefficient (Wildman–Crippen LogP) is -0.483. The van der Waals surface area contributed by atoms with Crippen molar-refractivity contribution in [2.45, 2.75) is 64.7 Å². The molecule has 0 heterocycles. The first kappa shape index (κ1) is 16.5. The second kappa shape index (κ2) is 9.49. The Morgan fingerprint density at radius 3 is 2.06 bits per heavy atom. The van der Waals surface area contributed by atoms with Gasteiger partial charge in [-0.1, -0.05) is 51.9 Å². The number of rotatable bonds is 6. The Labute approximate surface area is 121 Å². The van der Waals surface area contributed by atoms with Crippen LogP contribution in [-0.4, -0.2) is 5.97 Å². The summed E-state index contributed by atoms with van der Waals surface area (Å²) in [4.78, 5) is 10.3. The van der Waals surface area contributed by atoms with Gasteiger partial charge in [0.2, 0.25) is 0 Å². The number of hydrogen-bond donors (Lipinski definition) is 0. The Morgan fingerprint density at radius 2 is 1.62 bits per heavy atom. The van der Waals surface area contributed by atoms with Gasteiger partial charge in [0.05, 0.1) is 0 Å². The molecule has 0 radical (unpaired) electrons. The average molecular weight is 234 g/mol. The summed E-state index contributed by atoms with van der Waals surface area (Å²) in [5.41, 5.74) is 0. The van der Waals surface area contributed by atoms with E-state index in [0.29, 0.717) is 5.92 Å². The van der Waals surface area contributed by atoms with Crippen LogP contribution in [0.25, 0.3) is 0 Å². The van der Waals surface area contributed by atoms with Gasteiger partial charge in [-0.2, -0.15) is 0 Å². The minimum atomic E-state index is -0.886. The Hall–Kier alpha value is 0.470. The van der Waals surface area contributed by atoms with Crippen LogP contribution in [0.2, 0.25) is 0 Å². The molecule has 1 rings (SSSR count). The number of hydrogen-bond acceptors (Lipinski definition) is 2. The third kappa shape index (κ3) is 6.93. The van der Waals surface area contributed by atoms with E-state index in [4.69, 9.17) is 0 Å². The summed E-state index contributed by atoms with van der Waals surface area (Å²) in [6.07, 6.45) is 10.2. The van der Waals surface area contributed by atoms with Crippen molar-refractivity contribution in [2.75, 3.05) is 0 Å². The molecule has 0 N–H and O–H groups in total. The monoisotopic (exact) mass is 234 g/mol. The quantitative estimate of drug-likeness (QED) is 0.582. The molecule has 1 saturated carbocycles. The van der Waals surface area contributed by atoms with Crippen LogP contribution in [0, 0.1) is 11.8 Å². The molecule has 1 aliphatic rings. The molecular formula is C13H23NaO2. The minimum Gasteiger partial charge on any atom is -0.550 e. The van der Waals surface area contributed by atoms with Gasteiger partial charge in [-0.15, -0.1) is 0 Å². The Morgan fingerprint density at radius 1 is 1.12 bits per heavy atom. The molecule has 2 nitrogen and oxygen atoms in total. The van der Waals surface area contributed by atoms with E-state index in [0.717, 1.165) is 12.3 Å². The van der Waals surface area contributed by atoms with Crippen molar-refractivity contribution in [3.63, 3.8) is 0 Å². The number of carboxylic acids is 1. The zero-order valence-corrected chi connectivity index (χ0v) is 12.8. The zero-order valence-electron chi connectivity index (χ0n) is 10.8. The molecule has 0 aromatic heterocycles. The Bertz CT molecular complexity index is 186. The molecule has 1 fully saturated rings. The summed E-state index contributed by atoms with van der Waals surface area (Å²) in [5, 5.41) is 10.3. The molecule has 0 unspecified atom stereocenters. The van der Waals surface area contributed by atoms with Gasteiger partial charge in [0.1, 0.15) is 0 Å². The predicted molar refractivity (Wildman–Crippen MR) is 59.2 cm³/mol. The minimum absolute atomic E-state index is 0. The van der Waals surface area contributed by atoms with Crippen molar-refractivity contribution in [1.29, 1.82) is 0 Å². The molecular weight excluding hydrogens is 211 g/mol. The largest absolute Gasteiger partial charge is 1.00 e. The van der Waals surface area contributed by atoms with Crippen molar-refractivity contribution in [1.82, 2.24) is 0 Å². The second-order valence-corrected chi connectivity index (χ2v) is 4.94. The zero-order chi connectivity index (χ0) is 11.1. The summed E-state index contributed by atoms with van der Waals surface area (Å²) < 4.78 is 0. The number of unbranched alkanes of at least 4 members (excludes halogenated alkanes) is 1. The Kier molecular flexibility index (Phi) is 9.77.